The summed E-state index contributed by atoms with van der Waals surface area (Å²) in [6, 6.07) is 0.968. The molecule has 1 saturated carbocycles. The molecule has 1 aliphatic carbocycles. The average molecular weight is 333 g/mol. The van der Waals surface area contributed by atoms with Crippen LogP contribution in [0, 0.1) is 0 Å². The van der Waals surface area contributed by atoms with Gasteiger partial charge in [0.05, 0.1) is 12.4 Å². The zero-order chi connectivity index (χ0) is 13.3. The lowest BCUT2D eigenvalue weighted by atomic mass is 9.96. The van der Waals surface area contributed by atoms with Crippen molar-refractivity contribution in [2.45, 2.75) is 64.0 Å². The topological polar surface area (TPSA) is 42.5 Å². The molecule has 0 saturated heterocycles. The number of halogens is 2. The first kappa shape index (κ1) is 20.1. The lowest BCUT2D eigenvalue weighted by molar-refractivity contribution is 0.444. The van der Waals surface area contributed by atoms with Crippen molar-refractivity contribution < 1.29 is 0 Å². The maximum Gasteiger partial charge on any atom is 0.109 e. The fourth-order valence-corrected chi connectivity index (χ4v) is 2.58. The van der Waals surface area contributed by atoms with E-state index in [0.29, 0.717) is 12.1 Å². The van der Waals surface area contributed by atoms with Gasteiger partial charge >= 0.3 is 0 Å². The van der Waals surface area contributed by atoms with E-state index in [4.69, 9.17) is 0 Å². The monoisotopic (exact) mass is 332 g/mol. The minimum atomic E-state index is 0. The molecule has 1 atom stereocenters. The zero-order valence-electron chi connectivity index (χ0n) is 12.6. The van der Waals surface area contributed by atoms with Crippen LogP contribution in [-0.2, 0) is 0 Å². The second-order valence-electron chi connectivity index (χ2n) is 5.20. The number of rotatable bonds is 6. The fraction of sp³-hybridized carbons (Fsp3) is 0.667. The van der Waals surface area contributed by atoms with Gasteiger partial charge in [-0.3, -0.25) is 4.99 Å². The zero-order valence-corrected chi connectivity index (χ0v) is 14.2. The third-order valence-electron chi connectivity index (χ3n) is 3.82. The lowest BCUT2D eigenvalue weighted by Crippen LogP contribution is -2.09. The Labute approximate surface area is 140 Å². The third-order valence-corrected chi connectivity index (χ3v) is 3.82. The van der Waals surface area contributed by atoms with Gasteiger partial charge in [0, 0.05) is 31.1 Å². The first-order valence-corrected chi connectivity index (χ1v) is 7.41. The van der Waals surface area contributed by atoms with Gasteiger partial charge in [0.1, 0.15) is 6.34 Å². The molecule has 120 valence electrons. The number of aliphatic imine (C=N–C) groups is 2. The van der Waals surface area contributed by atoms with Crippen LogP contribution in [0.3, 0.4) is 0 Å². The molecule has 0 amide bonds. The van der Waals surface area contributed by atoms with E-state index in [2.05, 4.69) is 26.5 Å². The normalized spacial score (nSPS) is 17.6. The summed E-state index contributed by atoms with van der Waals surface area (Å²) < 4.78 is 2.14. The number of imidazole rings is 1. The van der Waals surface area contributed by atoms with E-state index in [1.807, 2.05) is 24.9 Å². The SMILES string of the molecule is CCC(CC=NC=NC1CCCCC1)n1ccnc1.Cl.Cl. The summed E-state index contributed by atoms with van der Waals surface area (Å²) in [5, 5.41) is 0. The van der Waals surface area contributed by atoms with Crippen LogP contribution in [0.25, 0.3) is 0 Å². The summed E-state index contributed by atoms with van der Waals surface area (Å²) in [4.78, 5) is 12.9. The molecule has 1 aromatic heterocycles. The molecular formula is C15H26Cl2N4. The molecule has 1 aromatic rings. The number of aromatic nitrogens is 2. The Morgan fingerprint density at radius 3 is 2.67 bits per heavy atom. The summed E-state index contributed by atoms with van der Waals surface area (Å²) in [5.41, 5.74) is 0. The fourth-order valence-electron chi connectivity index (χ4n) is 2.58. The number of nitrogens with zero attached hydrogens (tertiary/aromatic N) is 4. The first-order valence-electron chi connectivity index (χ1n) is 7.41. The van der Waals surface area contributed by atoms with Crippen LogP contribution in [0.2, 0.25) is 0 Å². The highest BCUT2D eigenvalue weighted by atomic mass is 35.5. The highest BCUT2D eigenvalue weighted by Crippen LogP contribution is 2.19. The van der Waals surface area contributed by atoms with E-state index in [9.17, 15) is 0 Å². The van der Waals surface area contributed by atoms with Crippen LogP contribution in [-0.4, -0.2) is 28.1 Å². The van der Waals surface area contributed by atoms with Crippen molar-refractivity contribution in [3.63, 3.8) is 0 Å². The van der Waals surface area contributed by atoms with E-state index < -0.39 is 0 Å². The van der Waals surface area contributed by atoms with Gasteiger partial charge in [0.25, 0.3) is 0 Å². The van der Waals surface area contributed by atoms with Crippen LogP contribution in [0.1, 0.15) is 57.9 Å². The van der Waals surface area contributed by atoms with Crippen LogP contribution < -0.4 is 0 Å². The molecule has 21 heavy (non-hydrogen) atoms. The van der Waals surface area contributed by atoms with Crippen molar-refractivity contribution in [2.24, 2.45) is 9.98 Å². The van der Waals surface area contributed by atoms with E-state index in [1.54, 1.807) is 6.34 Å². The molecular weight excluding hydrogens is 307 g/mol. The number of hydrogen-bond donors (Lipinski definition) is 0. The van der Waals surface area contributed by atoms with Gasteiger partial charge in [0.2, 0.25) is 0 Å². The molecule has 1 unspecified atom stereocenters. The summed E-state index contributed by atoms with van der Waals surface area (Å²) >= 11 is 0. The van der Waals surface area contributed by atoms with Crippen molar-refractivity contribution in [2.75, 3.05) is 0 Å². The van der Waals surface area contributed by atoms with E-state index >= 15 is 0 Å². The van der Waals surface area contributed by atoms with Crippen molar-refractivity contribution in [1.29, 1.82) is 0 Å². The third kappa shape index (κ3) is 7.09. The quantitative estimate of drug-likeness (QED) is 0.558. The van der Waals surface area contributed by atoms with Gasteiger partial charge in [-0.25, -0.2) is 9.98 Å². The lowest BCUT2D eigenvalue weighted by Gasteiger charge is -2.16. The average Bonchev–Trinajstić information content (AvgIpc) is 2.98. The van der Waals surface area contributed by atoms with Crippen molar-refractivity contribution in [3.8, 4) is 0 Å². The predicted molar refractivity (Wildman–Crippen MR) is 94.5 cm³/mol. The van der Waals surface area contributed by atoms with Crippen molar-refractivity contribution >= 4 is 37.4 Å². The van der Waals surface area contributed by atoms with Gasteiger partial charge in [0.15, 0.2) is 0 Å². The summed E-state index contributed by atoms with van der Waals surface area (Å²) in [6.07, 6.45) is 17.9. The molecule has 0 bridgehead atoms. The van der Waals surface area contributed by atoms with Gasteiger partial charge in [-0.2, -0.15) is 0 Å². The van der Waals surface area contributed by atoms with Gasteiger partial charge < -0.3 is 4.57 Å². The van der Waals surface area contributed by atoms with Gasteiger partial charge in [-0.15, -0.1) is 24.8 Å². The minimum Gasteiger partial charge on any atom is -0.334 e. The predicted octanol–water partition coefficient (Wildman–Crippen LogP) is 4.50. The Hall–Kier alpha value is -0.870. The molecule has 0 aromatic carbocycles. The largest absolute Gasteiger partial charge is 0.334 e. The van der Waals surface area contributed by atoms with Crippen LogP contribution in [0.15, 0.2) is 28.7 Å². The van der Waals surface area contributed by atoms with Crippen LogP contribution in [0.4, 0.5) is 0 Å². The Morgan fingerprint density at radius 2 is 2.05 bits per heavy atom. The molecule has 0 spiro atoms. The molecule has 1 heterocycles. The van der Waals surface area contributed by atoms with Crippen LogP contribution >= 0.6 is 24.8 Å². The van der Waals surface area contributed by atoms with Crippen LogP contribution in [0.5, 0.6) is 0 Å². The van der Waals surface area contributed by atoms with Crippen molar-refractivity contribution in [1.82, 2.24) is 9.55 Å². The maximum atomic E-state index is 4.53. The van der Waals surface area contributed by atoms with E-state index in [1.165, 1.54) is 32.1 Å². The molecule has 6 heteroatoms. The Morgan fingerprint density at radius 1 is 1.29 bits per heavy atom. The molecule has 4 nitrogen and oxygen atoms in total. The molecule has 0 aliphatic heterocycles. The second-order valence-corrected chi connectivity index (χ2v) is 5.20. The maximum absolute atomic E-state index is 4.53. The summed E-state index contributed by atoms with van der Waals surface area (Å²) in [6.45, 7) is 2.19. The van der Waals surface area contributed by atoms with E-state index in [-0.39, 0.29) is 24.8 Å². The first-order chi connectivity index (χ1) is 9.40. The Kier molecular flexibility index (Phi) is 11.3. The molecule has 1 fully saturated rings. The van der Waals surface area contributed by atoms with Crippen molar-refractivity contribution in [3.05, 3.63) is 18.7 Å². The highest BCUT2D eigenvalue weighted by Gasteiger charge is 2.10. The molecule has 2 rings (SSSR count). The van der Waals surface area contributed by atoms with E-state index in [0.717, 1.165) is 12.8 Å². The van der Waals surface area contributed by atoms with Gasteiger partial charge in [-0.1, -0.05) is 26.2 Å². The van der Waals surface area contributed by atoms with Gasteiger partial charge in [-0.05, 0) is 19.3 Å². The Bertz CT molecular complexity index is 398. The standard InChI is InChI=1S/C15H24N4.2ClH/c1-2-15(19-11-10-17-13-19)8-9-16-12-18-14-6-4-3-5-7-14;;/h9-15H,2-8H2,1H3;2*1H. The second kappa shape index (κ2) is 11.8. The Balaban J connectivity index is 0.00000200. The molecule has 1 aliphatic rings. The smallest absolute Gasteiger partial charge is 0.109 e. The number of hydrogen-bond acceptors (Lipinski definition) is 2. The summed E-state index contributed by atoms with van der Waals surface area (Å²) in [7, 11) is 0. The highest BCUT2D eigenvalue weighted by molar-refractivity contribution is 5.85. The molecule has 0 N–H and O–H groups in total. The summed E-state index contributed by atoms with van der Waals surface area (Å²) in [5.74, 6) is 0. The minimum absolute atomic E-state index is 0. The molecule has 0 radical (unpaired) electrons.